The Bertz CT molecular complexity index is 811. The Kier molecular flexibility index (Phi) is 4.12. The highest BCUT2D eigenvalue weighted by Gasteiger charge is 2.21. The molecule has 0 aliphatic heterocycles. The number of benzene rings is 2. The predicted molar refractivity (Wildman–Crippen MR) is 87.6 cm³/mol. The van der Waals surface area contributed by atoms with Gasteiger partial charge in [-0.3, -0.25) is 0 Å². The Morgan fingerprint density at radius 3 is 2.04 bits per heavy atom. The maximum atomic E-state index is 14.4. The Hall–Kier alpha value is -2.29. The molecule has 0 heterocycles. The smallest absolute Gasteiger partial charge is 0.162 e. The third-order valence-electron chi connectivity index (χ3n) is 4.26. The summed E-state index contributed by atoms with van der Waals surface area (Å²) in [4.78, 5) is 0. The van der Waals surface area contributed by atoms with Gasteiger partial charge >= 0.3 is 0 Å². The third-order valence-corrected chi connectivity index (χ3v) is 4.26. The fourth-order valence-corrected chi connectivity index (χ4v) is 2.79. The molecule has 0 saturated heterocycles. The van der Waals surface area contributed by atoms with Crippen LogP contribution in [0.3, 0.4) is 0 Å². The molecule has 3 rings (SSSR count). The maximum absolute atomic E-state index is 14.4. The van der Waals surface area contributed by atoms with Gasteiger partial charge in [0, 0.05) is 5.56 Å². The molecule has 0 atom stereocenters. The molecule has 0 spiro atoms. The zero-order chi connectivity index (χ0) is 16.6. The highest BCUT2D eigenvalue weighted by Crippen LogP contribution is 2.38. The highest BCUT2D eigenvalue weighted by atomic mass is 19.2. The Labute approximate surface area is 134 Å². The van der Waals surface area contributed by atoms with E-state index in [9.17, 15) is 13.2 Å². The molecule has 0 radical (unpaired) electrons. The fraction of sp³-hybridized carbons (Fsp3) is 0.200. The average Bonchev–Trinajstić information content (AvgIpc) is 2.54. The van der Waals surface area contributed by atoms with E-state index in [1.807, 2.05) is 31.2 Å². The molecule has 23 heavy (non-hydrogen) atoms. The first-order chi connectivity index (χ1) is 11.0. The summed E-state index contributed by atoms with van der Waals surface area (Å²) in [5, 5.41) is 0. The first-order valence-electron chi connectivity index (χ1n) is 7.58. The lowest BCUT2D eigenvalue weighted by atomic mass is 9.91. The summed E-state index contributed by atoms with van der Waals surface area (Å²) in [6.45, 7) is 3.54. The summed E-state index contributed by atoms with van der Waals surface area (Å²) in [6, 6.07) is 12.1. The molecule has 0 saturated carbocycles. The Morgan fingerprint density at radius 1 is 0.739 bits per heavy atom. The van der Waals surface area contributed by atoms with Crippen LogP contribution in [0.25, 0.3) is 16.7 Å². The van der Waals surface area contributed by atoms with E-state index in [0.717, 1.165) is 11.1 Å². The van der Waals surface area contributed by atoms with E-state index < -0.39 is 17.5 Å². The topological polar surface area (TPSA) is 0 Å². The van der Waals surface area contributed by atoms with Gasteiger partial charge in [0.1, 0.15) is 5.82 Å². The molecular weight excluding hydrogens is 297 g/mol. The van der Waals surface area contributed by atoms with E-state index in [0.29, 0.717) is 29.5 Å². The van der Waals surface area contributed by atoms with Gasteiger partial charge in [-0.1, -0.05) is 42.0 Å². The first-order valence-corrected chi connectivity index (χ1v) is 7.58. The molecule has 0 N–H and O–H groups in total. The average molecular weight is 314 g/mol. The Balaban J connectivity index is 2.02. The monoisotopic (exact) mass is 314 g/mol. The van der Waals surface area contributed by atoms with E-state index in [1.54, 1.807) is 19.1 Å². The van der Waals surface area contributed by atoms with Gasteiger partial charge < -0.3 is 0 Å². The lowest BCUT2D eigenvalue weighted by Gasteiger charge is -2.16. The quantitative estimate of drug-likeness (QED) is 0.592. The minimum atomic E-state index is -0.865. The molecule has 118 valence electrons. The van der Waals surface area contributed by atoms with Crippen molar-refractivity contribution >= 4 is 5.57 Å². The van der Waals surface area contributed by atoms with E-state index >= 15 is 0 Å². The molecule has 2 aromatic carbocycles. The predicted octanol–water partition coefficient (Wildman–Crippen LogP) is 6.52. The van der Waals surface area contributed by atoms with E-state index in [2.05, 4.69) is 0 Å². The second-order valence-electron chi connectivity index (χ2n) is 5.95. The molecule has 0 nitrogen and oxygen atoms in total. The van der Waals surface area contributed by atoms with Gasteiger partial charge in [-0.15, -0.1) is 0 Å². The van der Waals surface area contributed by atoms with Crippen molar-refractivity contribution in [1.29, 1.82) is 0 Å². The molecule has 0 bridgehead atoms. The van der Waals surface area contributed by atoms with E-state index in [4.69, 9.17) is 0 Å². The molecule has 1 aliphatic carbocycles. The number of hydrogen-bond donors (Lipinski definition) is 0. The molecule has 2 aromatic rings. The zero-order valence-electron chi connectivity index (χ0n) is 13.1. The third kappa shape index (κ3) is 2.96. The van der Waals surface area contributed by atoms with Crippen LogP contribution in [0.4, 0.5) is 13.2 Å². The number of rotatable bonds is 2. The van der Waals surface area contributed by atoms with Gasteiger partial charge in [-0.2, -0.15) is 0 Å². The van der Waals surface area contributed by atoms with Crippen LogP contribution in [0.15, 0.2) is 59.7 Å². The number of hydrogen-bond acceptors (Lipinski definition) is 0. The molecule has 0 unspecified atom stereocenters. The van der Waals surface area contributed by atoms with Crippen molar-refractivity contribution < 1.29 is 13.2 Å². The highest BCUT2D eigenvalue weighted by molar-refractivity contribution is 5.75. The standard InChI is InChI=1S/C20H17F3/c1-12-3-6-14(7-4-12)16-10-8-15(11-18(16)21)17-9-5-13(2)19(22)20(17)23/h3-4,6-8,10-11H,5,9H2,1-2H3. The summed E-state index contributed by atoms with van der Waals surface area (Å²) in [5.74, 6) is -2.11. The van der Waals surface area contributed by atoms with Crippen molar-refractivity contribution in [3.8, 4) is 11.1 Å². The molecule has 3 heteroatoms. The van der Waals surface area contributed by atoms with E-state index in [1.165, 1.54) is 6.07 Å². The largest absolute Gasteiger partial charge is 0.206 e. The van der Waals surface area contributed by atoms with Crippen LogP contribution in [0, 0.1) is 12.7 Å². The number of halogens is 3. The lowest BCUT2D eigenvalue weighted by Crippen LogP contribution is -2.00. The van der Waals surface area contributed by atoms with Crippen LogP contribution < -0.4 is 0 Å². The molecule has 1 aliphatic rings. The lowest BCUT2D eigenvalue weighted by molar-refractivity contribution is 0.525. The molecule has 0 aromatic heterocycles. The van der Waals surface area contributed by atoms with Gasteiger partial charge in [-0.25, -0.2) is 13.2 Å². The van der Waals surface area contributed by atoms with Crippen LogP contribution >= 0.6 is 0 Å². The summed E-state index contributed by atoms with van der Waals surface area (Å²) in [5.41, 5.74) is 3.36. The maximum Gasteiger partial charge on any atom is 0.162 e. The van der Waals surface area contributed by atoms with Crippen molar-refractivity contribution in [2.45, 2.75) is 26.7 Å². The second-order valence-corrected chi connectivity index (χ2v) is 5.95. The summed E-state index contributed by atoms with van der Waals surface area (Å²) < 4.78 is 42.3. The van der Waals surface area contributed by atoms with Crippen LogP contribution in [0.2, 0.25) is 0 Å². The van der Waals surface area contributed by atoms with Crippen molar-refractivity contribution in [1.82, 2.24) is 0 Å². The van der Waals surface area contributed by atoms with Gasteiger partial charge in [-0.05, 0) is 55.0 Å². The summed E-state index contributed by atoms with van der Waals surface area (Å²) in [6.07, 6.45) is 0.838. The normalized spacial score (nSPS) is 15.3. The van der Waals surface area contributed by atoms with E-state index in [-0.39, 0.29) is 5.57 Å². The Morgan fingerprint density at radius 2 is 1.39 bits per heavy atom. The van der Waals surface area contributed by atoms with Crippen LogP contribution in [-0.4, -0.2) is 0 Å². The zero-order valence-corrected chi connectivity index (χ0v) is 13.1. The molecular formula is C20H17F3. The molecule has 0 fully saturated rings. The number of aryl methyl sites for hydroxylation is 1. The minimum Gasteiger partial charge on any atom is -0.206 e. The van der Waals surface area contributed by atoms with Crippen molar-refractivity contribution in [3.63, 3.8) is 0 Å². The SMILES string of the molecule is CC1=C(F)C(F)=C(c2ccc(-c3ccc(C)cc3)c(F)c2)CC1. The van der Waals surface area contributed by atoms with Gasteiger partial charge in [0.15, 0.2) is 11.7 Å². The van der Waals surface area contributed by atoms with Crippen molar-refractivity contribution in [3.05, 3.63) is 76.6 Å². The molecule has 0 amide bonds. The number of allylic oxidation sites excluding steroid dienone is 4. The van der Waals surface area contributed by atoms with Crippen molar-refractivity contribution in [2.75, 3.05) is 0 Å². The minimum absolute atomic E-state index is 0.238. The van der Waals surface area contributed by atoms with Crippen LogP contribution in [0.5, 0.6) is 0 Å². The summed E-state index contributed by atoms with van der Waals surface area (Å²) in [7, 11) is 0. The van der Waals surface area contributed by atoms with Crippen molar-refractivity contribution in [2.24, 2.45) is 0 Å². The van der Waals surface area contributed by atoms with Crippen LogP contribution in [0.1, 0.15) is 30.9 Å². The van der Waals surface area contributed by atoms with Crippen LogP contribution in [-0.2, 0) is 0 Å². The van der Waals surface area contributed by atoms with Gasteiger partial charge in [0.05, 0.1) is 0 Å². The van der Waals surface area contributed by atoms with Gasteiger partial charge in [0.25, 0.3) is 0 Å². The summed E-state index contributed by atoms with van der Waals surface area (Å²) >= 11 is 0. The van der Waals surface area contributed by atoms with Gasteiger partial charge in [0.2, 0.25) is 0 Å². The second kappa shape index (κ2) is 6.07. The first kappa shape index (κ1) is 15.6. The fourth-order valence-electron chi connectivity index (χ4n) is 2.79.